The van der Waals surface area contributed by atoms with Crippen LogP contribution in [0, 0.1) is 5.82 Å². The number of rotatable bonds is 6. The van der Waals surface area contributed by atoms with E-state index in [0.717, 1.165) is 16.5 Å². The first-order valence-electron chi connectivity index (χ1n) is 10.4. The van der Waals surface area contributed by atoms with E-state index >= 15 is 0 Å². The highest BCUT2D eigenvalue weighted by Crippen LogP contribution is 2.25. The molecule has 0 spiro atoms. The number of fused-ring (bicyclic) bond motifs is 1. The monoisotopic (exact) mass is 463 g/mol. The number of amides is 2. The van der Waals surface area contributed by atoms with E-state index < -0.39 is 5.82 Å². The second-order valence-corrected chi connectivity index (χ2v) is 8.41. The Labute approximate surface area is 196 Å². The summed E-state index contributed by atoms with van der Waals surface area (Å²) in [5.74, 6) is -0.895. The van der Waals surface area contributed by atoms with E-state index in [1.165, 1.54) is 17.0 Å². The summed E-state index contributed by atoms with van der Waals surface area (Å²) in [6, 6.07) is 21.3. The molecule has 0 radical (unpaired) electrons. The minimum Gasteiger partial charge on any atom is -0.348 e. The van der Waals surface area contributed by atoms with E-state index in [4.69, 9.17) is 11.6 Å². The standard InChI is InChI=1S/C26H23ClFN3O2/c1-30(2)26(33)24-14-20-13-19(25(32)29-15-17-6-4-3-5-7-17)9-11-23(20)31(24)16-18-8-10-21(27)22(28)12-18/h3-14H,15-16H2,1-2H3,(H,29,32). The summed E-state index contributed by atoms with van der Waals surface area (Å²) in [5, 5.41) is 3.72. The first-order valence-corrected chi connectivity index (χ1v) is 10.8. The minimum atomic E-state index is -0.511. The summed E-state index contributed by atoms with van der Waals surface area (Å²) in [6.45, 7) is 0.706. The lowest BCUT2D eigenvalue weighted by molar-refractivity contribution is 0.0817. The molecule has 33 heavy (non-hydrogen) atoms. The van der Waals surface area contributed by atoms with Gasteiger partial charge in [0.2, 0.25) is 0 Å². The number of aromatic nitrogens is 1. The molecule has 168 valence electrons. The van der Waals surface area contributed by atoms with Crippen molar-refractivity contribution in [1.29, 1.82) is 0 Å². The summed E-state index contributed by atoms with van der Waals surface area (Å²) < 4.78 is 15.8. The Hall–Kier alpha value is -3.64. The van der Waals surface area contributed by atoms with Crippen molar-refractivity contribution in [3.8, 4) is 0 Å². The molecule has 2 amide bonds. The molecule has 0 unspecified atom stereocenters. The SMILES string of the molecule is CN(C)C(=O)c1cc2cc(C(=O)NCc3ccccc3)ccc2n1Cc1ccc(Cl)c(F)c1. The van der Waals surface area contributed by atoms with Crippen LogP contribution in [0.1, 0.15) is 32.0 Å². The van der Waals surface area contributed by atoms with Crippen molar-refractivity contribution in [1.82, 2.24) is 14.8 Å². The highest BCUT2D eigenvalue weighted by atomic mass is 35.5. The van der Waals surface area contributed by atoms with Gasteiger partial charge in [0.05, 0.1) is 5.02 Å². The molecule has 0 aliphatic heterocycles. The average Bonchev–Trinajstić information content (AvgIpc) is 3.17. The third-order valence-electron chi connectivity index (χ3n) is 5.41. The first-order chi connectivity index (χ1) is 15.8. The van der Waals surface area contributed by atoms with Gasteiger partial charge in [0.1, 0.15) is 11.5 Å². The summed E-state index contributed by atoms with van der Waals surface area (Å²) in [7, 11) is 3.35. The molecule has 4 rings (SSSR count). The molecule has 0 atom stereocenters. The van der Waals surface area contributed by atoms with E-state index in [1.807, 2.05) is 41.0 Å². The van der Waals surface area contributed by atoms with Crippen LogP contribution in [-0.2, 0) is 13.1 Å². The molecule has 5 nitrogen and oxygen atoms in total. The molecule has 1 N–H and O–H groups in total. The summed E-state index contributed by atoms with van der Waals surface area (Å²) in [6.07, 6.45) is 0. The highest BCUT2D eigenvalue weighted by Gasteiger charge is 2.19. The van der Waals surface area contributed by atoms with Crippen LogP contribution in [0.4, 0.5) is 4.39 Å². The Kier molecular flexibility index (Phi) is 6.47. The zero-order valence-corrected chi connectivity index (χ0v) is 19.1. The number of nitrogens with one attached hydrogen (secondary N) is 1. The van der Waals surface area contributed by atoms with Crippen LogP contribution in [0.5, 0.6) is 0 Å². The van der Waals surface area contributed by atoms with Crippen molar-refractivity contribution in [2.24, 2.45) is 0 Å². The molecule has 7 heteroatoms. The Balaban J connectivity index is 1.67. The van der Waals surface area contributed by atoms with Crippen LogP contribution in [0.15, 0.2) is 72.8 Å². The molecule has 1 aromatic heterocycles. The van der Waals surface area contributed by atoms with E-state index in [1.54, 1.807) is 38.4 Å². The van der Waals surface area contributed by atoms with Crippen LogP contribution in [0.2, 0.25) is 5.02 Å². The van der Waals surface area contributed by atoms with Gasteiger partial charge in [-0.25, -0.2) is 4.39 Å². The molecule has 0 bridgehead atoms. The van der Waals surface area contributed by atoms with E-state index in [9.17, 15) is 14.0 Å². The number of hydrogen-bond donors (Lipinski definition) is 1. The lowest BCUT2D eigenvalue weighted by Crippen LogP contribution is -2.24. The van der Waals surface area contributed by atoms with Gasteiger partial charge in [-0.2, -0.15) is 0 Å². The molecule has 4 aromatic rings. The summed E-state index contributed by atoms with van der Waals surface area (Å²) in [4.78, 5) is 27.1. The van der Waals surface area contributed by atoms with Crippen LogP contribution in [0.3, 0.4) is 0 Å². The second kappa shape index (κ2) is 9.46. The van der Waals surface area contributed by atoms with Crippen molar-refractivity contribution < 1.29 is 14.0 Å². The van der Waals surface area contributed by atoms with Crippen LogP contribution in [0.25, 0.3) is 10.9 Å². The summed E-state index contributed by atoms with van der Waals surface area (Å²) >= 11 is 5.81. The second-order valence-electron chi connectivity index (χ2n) is 8.01. The maximum Gasteiger partial charge on any atom is 0.270 e. The molecular formula is C26H23ClFN3O2. The molecule has 0 aliphatic carbocycles. The zero-order chi connectivity index (χ0) is 23.5. The third kappa shape index (κ3) is 4.91. The topological polar surface area (TPSA) is 54.3 Å². The largest absolute Gasteiger partial charge is 0.348 e. The predicted molar refractivity (Wildman–Crippen MR) is 128 cm³/mol. The Morgan fingerprint density at radius 3 is 2.42 bits per heavy atom. The molecule has 0 fully saturated rings. The van der Waals surface area contributed by atoms with Gasteiger partial charge < -0.3 is 14.8 Å². The predicted octanol–water partition coefficient (Wildman–Crippen LogP) is 5.11. The Morgan fingerprint density at radius 2 is 1.73 bits per heavy atom. The number of benzene rings is 3. The fourth-order valence-corrected chi connectivity index (χ4v) is 3.81. The van der Waals surface area contributed by atoms with E-state index in [0.29, 0.717) is 23.4 Å². The van der Waals surface area contributed by atoms with Crippen molar-refractivity contribution >= 4 is 34.3 Å². The Morgan fingerprint density at radius 1 is 0.970 bits per heavy atom. The van der Waals surface area contributed by atoms with Crippen molar-refractivity contribution in [2.75, 3.05) is 14.1 Å². The molecule has 1 heterocycles. The maximum atomic E-state index is 14.0. The molecule has 0 saturated carbocycles. The Bertz CT molecular complexity index is 1330. The van der Waals surface area contributed by atoms with Crippen LogP contribution < -0.4 is 5.32 Å². The van der Waals surface area contributed by atoms with E-state index in [-0.39, 0.29) is 23.4 Å². The molecule has 0 aliphatic rings. The quantitative estimate of drug-likeness (QED) is 0.432. The molecule has 3 aromatic carbocycles. The molecular weight excluding hydrogens is 441 g/mol. The normalized spacial score (nSPS) is 10.9. The fraction of sp³-hybridized carbons (Fsp3) is 0.154. The lowest BCUT2D eigenvalue weighted by atomic mass is 10.1. The third-order valence-corrected chi connectivity index (χ3v) is 5.72. The van der Waals surface area contributed by atoms with Gasteiger partial charge in [0.25, 0.3) is 11.8 Å². The van der Waals surface area contributed by atoms with Crippen LogP contribution in [-0.4, -0.2) is 35.4 Å². The van der Waals surface area contributed by atoms with Gasteiger partial charge >= 0.3 is 0 Å². The van der Waals surface area contributed by atoms with Crippen LogP contribution >= 0.6 is 11.6 Å². The highest BCUT2D eigenvalue weighted by molar-refractivity contribution is 6.30. The average molecular weight is 464 g/mol. The van der Waals surface area contributed by atoms with Gasteiger partial charge in [-0.05, 0) is 47.5 Å². The minimum absolute atomic E-state index is 0.0480. The lowest BCUT2D eigenvalue weighted by Gasteiger charge is -2.14. The molecule has 0 saturated heterocycles. The maximum absolute atomic E-state index is 14.0. The van der Waals surface area contributed by atoms with E-state index in [2.05, 4.69) is 5.32 Å². The van der Waals surface area contributed by atoms with Gasteiger partial charge in [-0.1, -0.05) is 48.0 Å². The smallest absolute Gasteiger partial charge is 0.270 e. The summed E-state index contributed by atoms with van der Waals surface area (Å²) in [5.41, 5.74) is 3.40. The number of hydrogen-bond acceptors (Lipinski definition) is 2. The van der Waals surface area contributed by atoms with Gasteiger partial charge in [-0.3, -0.25) is 9.59 Å². The fourth-order valence-electron chi connectivity index (χ4n) is 3.69. The number of carbonyl (C=O) groups is 2. The zero-order valence-electron chi connectivity index (χ0n) is 18.3. The number of nitrogens with zero attached hydrogens (tertiary/aromatic N) is 2. The van der Waals surface area contributed by atoms with Gasteiger partial charge in [0, 0.05) is 43.7 Å². The number of halogens is 2. The van der Waals surface area contributed by atoms with Crippen molar-refractivity contribution in [3.05, 3.63) is 106 Å². The number of carbonyl (C=O) groups excluding carboxylic acids is 2. The van der Waals surface area contributed by atoms with Crippen molar-refractivity contribution in [2.45, 2.75) is 13.1 Å². The van der Waals surface area contributed by atoms with Gasteiger partial charge in [0.15, 0.2) is 0 Å². The van der Waals surface area contributed by atoms with Gasteiger partial charge in [-0.15, -0.1) is 0 Å². The first kappa shape index (κ1) is 22.6. The van der Waals surface area contributed by atoms with Crippen molar-refractivity contribution in [3.63, 3.8) is 0 Å².